The molecule has 2 fully saturated rings. The van der Waals surface area contributed by atoms with Crippen molar-refractivity contribution < 1.29 is 38.8 Å². The normalized spacial score (nSPS) is 30.6. The van der Waals surface area contributed by atoms with Crippen molar-refractivity contribution in [1.82, 2.24) is 5.32 Å². The predicted molar refractivity (Wildman–Crippen MR) is 119 cm³/mol. The lowest BCUT2D eigenvalue weighted by atomic mass is 9.74. The van der Waals surface area contributed by atoms with Gasteiger partial charge in [0, 0.05) is 27.4 Å². The number of carbonyl (C=O) groups is 2. The molecule has 12 heteroatoms. The molecule has 182 valence electrons. The minimum absolute atomic E-state index is 0.137. The van der Waals surface area contributed by atoms with Gasteiger partial charge >= 0.3 is 5.97 Å². The van der Waals surface area contributed by atoms with Crippen LogP contribution in [-0.4, -0.2) is 66.2 Å². The van der Waals surface area contributed by atoms with Gasteiger partial charge in [-0.05, 0) is 31.5 Å². The highest BCUT2D eigenvalue weighted by atomic mass is 79.9. The smallest absolute Gasteiger partial charge is 0.336 e. The van der Waals surface area contributed by atoms with E-state index in [1.165, 1.54) is 7.11 Å². The van der Waals surface area contributed by atoms with Crippen LogP contribution in [0.3, 0.4) is 0 Å². The highest BCUT2D eigenvalue weighted by Crippen LogP contribution is 2.44. The Morgan fingerprint density at radius 3 is 2.62 bits per heavy atom. The first-order valence-corrected chi connectivity index (χ1v) is 11.2. The molecule has 0 aliphatic carbocycles. The van der Waals surface area contributed by atoms with Gasteiger partial charge in [-0.25, -0.2) is 4.79 Å². The summed E-state index contributed by atoms with van der Waals surface area (Å²) in [5.74, 6) is -2.20. The van der Waals surface area contributed by atoms with Crippen LogP contribution >= 0.6 is 15.9 Å². The molecule has 0 amide bonds. The standard InChI is InChI=1S/C22H23BrN2O9/c1-10-15(19(26)22(28)9-33-18-14(34-25(29)30)8-32-20(18)22)17(12-5-4-6-13(23)7-12)16(11(2)24-10)21(27)31-3/h4-7,14,17-18,20,24,28H,8-9H2,1-3H3/t14-,17?,18-,20+,22-/m1/s1. The first kappa shape index (κ1) is 24.3. The van der Waals surface area contributed by atoms with Gasteiger partial charge in [0.2, 0.25) is 0 Å². The van der Waals surface area contributed by atoms with Crippen molar-refractivity contribution in [2.24, 2.45) is 0 Å². The van der Waals surface area contributed by atoms with E-state index in [2.05, 4.69) is 26.1 Å². The highest BCUT2D eigenvalue weighted by molar-refractivity contribution is 9.10. The second-order valence-corrected chi connectivity index (χ2v) is 9.25. The maximum Gasteiger partial charge on any atom is 0.336 e. The number of esters is 1. The molecule has 2 N–H and O–H groups in total. The third-order valence-electron chi connectivity index (χ3n) is 6.28. The molecule has 4 rings (SSSR count). The Morgan fingerprint density at radius 2 is 1.97 bits per heavy atom. The third kappa shape index (κ3) is 4.00. The average Bonchev–Trinajstić information content (AvgIpc) is 3.33. The number of halogens is 1. The summed E-state index contributed by atoms with van der Waals surface area (Å²) in [6.07, 6.45) is -3.25. The molecule has 1 aromatic carbocycles. The molecule has 3 aliphatic rings. The number of dihydropyridines is 1. The minimum Gasteiger partial charge on any atom is -0.466 e. The van der Waals surface area contributed by atoms with Crippen LogP contribution in [0.5, 0.6) is 0 Å². The summed E-state index contributed by atoms with van der Waals surface area (Å²) in [6, 6.07) is 7.12. The Labute approximate surface area is 202 Å². The molecule has 2 saturated heterocycles. The molecule has 0 spiro atoms. The van der Waals surface area contributed by atoms with E-state index >= 15 is 0 Å². The van der Waals surface area contributed by atoms with Crippen LogP contribution in [0.15, 0.2) is 51.3 Å². The van der Waals surface area contributed by atoms with E-state index in [1.54, 1.807) is 32.0 Å². The Morgan fingerprint density at radius 1 is 1.26 bits per heavy atom. The number of nitrogens with one attached hydrogen (secondary N) is 1. The number of Topliss-reactive ketones (excluding diaryl/α,β-unsaturated/α-hetero) is 1. The van der Waals surface area contributed by atoms with Crippen LogP contribution in [0.25, 0.3) is 0 Å². The van der Waals surface area contributed by atoms with Gasteiger partial charge in [0.15, 0.2) is 17.5 Å². The zero-order valence-corrected chi connectivity index (χ0v) is 20.2. The summed E-state index contributed by atoms with van der Waals surface area (Å²) < 4.78 is 16.8. The van der Waals surface area contributed by atoms with Crippen LogP contribution in [0.4, 0.5) is 0 Å². The van der Waals surface area contributed by atoms with Gasteiger partial charge in [-0.2, -0.15) is 0 Å². The summed E-state index contributed by atoms with van der Waals surface area (Å²) in [6.45, 7) is 2.70. The fourth-order valence-electron chi connectivity index (χ4n) is 4.82. The monoisotopic (exact) mass is 538 g/mol. The van der Waals surface area contributed by atoms with Crippen molar-refractivity contribution in [3.05, 3.63) is 67.0 Å². The highest BCUT2D eigenvalue weighted by Gasteiger charge is 2.62. The Bertz CT molecular complexity index is 1120. The molecule has 5 atom stereocenters. The Balaban J connectivity index is 1.77. The summed E-state index contributed by atoms with van der Waals surface area (Å²) in [7, 11) is 1.25. The number of fused-ring (bicyclic) bond motifs is 1. The lowest BCUT2D eigenvalue weighted by Crippen LogP contribution is -2.53. The third-order valence-corrected chi connectivity index (χ3v) is 6.77. The SMILES string of the molecule is COC(=O)C1=C(C)NC(C)=C(C(=O)[C@]2(O)CO[C@@H]3[C@H](O[N+](=O)[O-])CO[C@@H]32)C1c1cccc(Br)c1. The maximum atomic E-state index is 14.0. The number of methoxy groups -OCH3 is 1. The van der Waals surface area contributed by atoms with E-state index in [0.29, 0.717) is 17.0 Å². The van der Waals surface area contributed by atoms with Crippen molar-refractivity contribution in [3.63, 3.8) is 0 Å². The van der Waals surface area contributed by atoms with Gasteiger partial charge in [-0.1, -0.05) is 28.1 Å². The number of rotatable bonds is 6. The van der Waals surface area contributed by atoms with Gasteiger partial charge in [0.25, 0.3) is 5.09 Å². The second kappa shape index (κ2) is 9.10. The van der Waals surface area contributed by atoms with Crippen molar-refractivity contribution in [1.29, 1.82) is 0 Å². The van der Waals surface area contributed by atoms with Crippen molar-refractivity contribution in [3.8, 4) is 0 Å². The quantitative estimate of drug-likeness (QED) is 0.310. The van der Waals surface area contributed by atoms with E-state index in [0.717, 1.165) is 4.47 Å². The summed E-state index contributed by atoms with van der Waals surface area (Å²) in [5.41, 5.74) is -0.218. The fourth-order valence-corrected chi connectivity index (χ4v) is 5.23. The molecule has 3 aliphatic heterocycles. The zero-order chi connectivity index (χ0) is 24.8. The molecule has 0 aromatic heterocycles. The largest absolute Gasteiger partial charge is 0.466 e. The van der Waals surface area contributed by atoms with Gasteiger partial charge in [0.1, 0.15) is 12.2 Å². The van der Waals surface area contributed by atoms with Gasteiger partial charge < -0.3 is 29.5 Å². The molecule has 1 aromatic rings. The predicted octanol–water partition coefficient (Wildman–Crippen LogP) is 1.53. The summed E-state index contributed by atoms with van der Waals surface area (Å²) >= 11 is 3.42. The number of hydrogen-bond acceptors (Lipinski definition) is 10. The van der Waals surface area contributed by atoms with Crippen molar-refractivity contribution >= 4 is 27.7 Å². The van der Waals surface area contributed by atoms with Crippen molar-refractivity contribution in [2.75, 3.05) is 20.3 Å². The topological polar surface area (TPSA) is 146 Å². The molecule has 0 bridgehead atoms. The minimum atomic E-state index is -2.14. The number of nitrogens with zero attached hydrogens (tertiary/aromatic N) is 1. The van der Waals surface area contributed by atoms with Gasteiger partial charge in [-0.3, -0.25) is 4.79 Å². The number of carbonyl (C=O) groups excluding carboxylic acids is 2. The molecule has 1 unspecified atom stereocenters. The molecule has 11 nitrogen and oxygen atoms in total. The maximum absolute atomic E-state index is 14.0. The molecule has 34 heavy (non-hydrogen) atoms. The summed E-state index contributed by atoms with van der Waals surface area (Å²) in [5, 5.41) is 24.4. The molecular weight excluding hydrogens is 516 g/mol. The summed E-state index contributed by atoms with van der Waals surface area (Å²) in [4.78, 5) is 42.1. The Kier molecular flexibility index (Phi) is 6.51. The fraction of sp³-hybridized carbons (Fsp3) is 0.455. The van der Waals surface area contributed by atoms with Crippen LogP contribution in [0.1, 0.15) is 25.3 Å². The lowest BCUT2D eigenvalue weighted by molar-refractivity contribution is -0.769. The number of ether oxygens (including phenoxy) is 3. The molecular formula is C22H23BrN2O9. The van der Waals surface area contributed by atoms with Gasteiger partial charge in [0.05, 0.1) is 25.9 Å². The molecule has 0 saturated carbocycles. The van der Waals surface area contributed by atoms with E-state index in [9.17, 15) is 24.8 Å². The van der Waals surface area contributed by atoms with Gasteiger partial charge in [-0.15, -0.1) is 10.1 Å². The number of ketones is 1. The van der Waals surface area contributed by atoms with E-state index in [4.69, 9.17) is 14.2 Å². The van der Waals surface area contributed by atoms with E-state index in [-0.39, 0.29) is 17.8 Å². The van der Waals surface area contributed by atoms with E-state index in [1.807, 2.05) is 6.07 Å². The second-order valence-electron chi connectivity index (χ2n) is 8.33. The zero-order valence-electron chi connectivity index (χ0n) is 18.6. The van der Waals surface area contributed by atoms with Crippen LogP contribution < -0.4 is 5.32 Å². The number of aliphatic hydroxyl groups is 1. The number of allylic oxidation sites excluding steroid dienone is 2. The van der Waals surface area contributed by atoms with Crippen molar-refractivity contribution in [2.45, 2.75) is 43.7 Å². The number of benzene rings is 1. The first-order chi connectivity index (χ1) is 16.1. The van der Waals surface area contributed by atoms with Crippen LogP contribution in [0, 0.1) is 10.1 Å². The number of hydrogen-bond donors (Lipinski definition) is 2. The Hall–Kier alpha value is -2.80. The first-order valence-electron chi connectivity index (χ1n) is 10.4. The molecule has 0 radical (unpaired) electrons. The lowest BCUT2D eigenvalue weighted by Gasteiger charge is -2.35. The van der Waals surface area contributed by atoms with E-state index < -0.39 is 53.3 Å². The average molecular weight is 539 g/mol. The van der Waals surface area contributed by atoms with Crippen LogP contribution in [-0.2, 0) is 28.6 Å². The van der Waals surface area contributed by atoms with Crippen LogP contribution in [0.2, 0.25) is 0 Å². The molecule has 3 heterocycles.